The number of aryl methyl sites for hydroxylation is 2. The van der Waals surface area contributed by atoms with Gasteiger partial charge in [-0.2, -0.15) is 5.10 Å². The molecule has 1 aromatic rings. The molecule has 1 heterocycles. The number of rotatable bonds is 4. The minimum absolute atomic E-state index is 0.100. The predicted octanol–water partition coefficient (Wildman–Crippen LogP) is 3.83. The van der Waals surface area contributed by atoms with Crippen LogP contribution in [0.15, 0.2) is 30.1 Å². The largest absolute Gasteiger partial charge is 0.325 e. The van der Waals surface area contributed by atoms with E-state index in [4.69, 9.17) is 6.57 Å². The van der Waals surface area contributed by atoms with Crippen molar-refractivity contribution in [2.24, 2.45) is 23.8 Å². The van der Waals surface area contributed by atoms with Crippen molar-refractivity contribution in [3.8, 4) is 6.57 Å². The van der Waals surface area contributed by atoms with E-state index < -0.39 is 0 Å². The molecule has 3 aliphatic carbocycles. The number of aromatic nitrogens is 2. The molecule has 2 fully saturated rings. The molecule has 5 heteroatoms. The molecule has 0 bridgehead atoms. The number of carbonyl (C=O) groups is 1. The Kier molecular flexibility index (Phi) is 3.50. The lowest BCUT2D eigenvalue weighted by Crippen LogP contribution is -2.39. The summed E-state index contributed by atoms with van der Waals surface area (Å²) in [5.74, 6) is 0.260. The van der Waals surface area contributed by atoms with E-state index in [1.54, 1.807) is 10.9 Å². The monoisotopic (exact) mass is 351 g/mol. The SMILES string of the molecule is C#[N+][C@]1(C2(C)CC2)C[C@H]1C1(C)CC=CC=C1NC(=O)c1cn(C)nc1C. The standard InChI is InChI=1S/C21H26N4O/c1-14-15(13-25(5)24-14)18(26)23-17-8-6-7-9-20(17,3)16-12-21(16,22-4)19(2)10-11-19/h4,6-8,13,16H,9-12H2,1-3,5H3/p+1/t16-,20?,21+/m0/s1. The van der Waals surface area contributed by atoms with Gasteiger partial charge in [0.1, 0.15) is 0 Å². The third-order valence-corrected chi connectivity index (χ3v) is 7.04. The van der Waals surface area contributed by atoms with Crippen molar-refractivity contribution < 1.29 is 4.79 Å². The predicted molar refractivity (Wildman–Crippen MR) is 102 cm³/mol. The molecule has 1 amide bonds. The van der Waals surface area contributed by atoms with Crippen LogP contribution in [0.4, 0.5) is 0 Å². The van der Waals surface area contributed by atoms with Crippen LogP contribution >= 0.6 is 0 Å². The highest BCUT2D eigenvalue weighted by atomic mass is 16.1. The highest BCUT2D eigenvalue weighted by molar-refractivity contribution is 5.96. The number of allylic oxidation sites excluding steroid dienone is 4. The first kappa shape index (κ1) is 17.1. The molecule has 1 aromatic heterocycles. The van der Waals surface area contributed by atoms with E-state index >= 15 is 0 Å². The summed E-state index contributed by atoms with van der Waals surface area (Å²) in [5, 5.41) is 7.45. The second-order valence-corrected chi connectivity index (χ2v) is 8.76. The van der Waals surface area contributed by atoms with E-state index in [0.29, 0.717) is 11.5 Å². The van der Waals surface area contributed by atoms with Crippen LogP contribution in [0.3, 0.4) is 0 Å². The molecule has 4 rings (SSSR count). The van der Waals surface area contributed by atoms with Crippen LogP contribution in [-0.4, -0.2) is 21.2 Å². The van der Waals surface area contributed by atoms with Crippen LogP contribution in [0, 0.1) is 30.2 Å². The Morgan fingerprint density at radius 1 is 1.42 bits per heavy atom. The second kappa shape index (κ2) is 5.33. The average molecular weight is 351 g/mol. The van der Waals surface area contributed by atoms with Crippen LogP contribution in [-0.2, 0) is 7.05 Å². The van der Waals surface area contributed by atoms with Crippen molar-refractivity contribution >= 4 is 5.91 Å². The van der Waals surface area contributed by atoms with Gasteiger partial charge in [-0.25, -0.2) is 0 Å². The molecule has 3 atom stereocenters. The number of hydrogen-bond acceptors (Lipinski definition) is 2. The fourth-order valence-corrected chi connectivity index (χ4v) is 4.89. The molecular weight excluding hydrogens is 324 g/mol. The molecule has 26 heavy (non-hydrogen) atoms. The summed E-state index contributed by atoms with van der Waals surface area (Å²) in [6, 6.07) is 0. The molecule has 1 N–H and O–H groups in total. The number of amides is 1. The van der Waals surface area contributed by atoms with Crippen molar-refractivity contribution in [2.75, 3.05) is 0 Å². The molecule has 0 radical (unpaired) electrons. The van der Waals surface area contributed by atoms with Gasteiger partial charge in [-0.15, -0.1) is 0 Å². The molecule has 1 unspecified atom stereocenters. The molecule has 0 aliphatic heterocycles. The van der Waals surface area contributed by atoms with Crippen LogP contribution in [0.25, 0.3) is 4.85 Å². The van der Waals surface area contributed by atoms with Crippen LogP contribution in [0.1, 0.15) is 55.6 Å². The maximum atomic E-state index is 12.8. The van der Waals surface area contributed by atoms with Gasteiger partial charge in [0.05, 0.1) is 22.6 Å². The Bertz CT molecular complexity index is 882. The maximum Gasteiger partial charge on any atom is 0.290 e. The van der Waals surface area contributed by atoms with E-state index in [9.17, 15) is 4.79 Å². The third kappa shape index (κ3) is 2.28. The quantitative estimate of drug-likeness (QED) is 0.896. The van der Waals surface area contributed by atoms with Crippen LogP contribution in [0.2, 0.25) is 0 Å². The Hall–Kier alpha value is -2.35. The molecular formula is C21H27N4O+. The van der Waals surface area contributed by atoms with Gasteiger partial charge in [0.25, 0.3) is 18.0 Å². The molecule has 0 saturated heterocycles. The molecule has 2 saturated carbocycles. The third-order valence-electron chi connectivity index (χ3n) is 7.04. The first-order valence-corrected chi connectivity index (χ1v) is 9.37. The Labute approximate surface area is 155 Å². The number of hydrogen-bond donors (Lipinski definition) is 1. The minimum Gasteiger partial charge on any atom is -0.325 e. The second-order valence-electron chi connectivity index (χ2n) is 8.76. The highest BCUT2D eigenvalue weighted by Gasteiger charge is 2.82. The highest BCUT2D eigenvalue weighted by Crippen LogP contribution is 2.74. The summed E-state index contributed by atoms with van der Waals surface area (Å²) < 4.78 is 1.67. The van der Waals surface area contributed by atoms with Crippen LogP contribution < -0.4 is 5.32 Å². The Balaban J connectivity index is 1.60. The first-order valence-electron chi connectivity index (χ1n) is 9.37. The van der Waals surface area contributed by atoms with Gasteiger partial charge in [0.15, 0.2) is 0 Å². The maximum absolute atomic E-state index is 12.8. The topological polar surface area (TPSA) is 51.3 Å². The first-order chi connectivity index (χ1) is 12.3. The molecule has 0 aromatic carbocycles. The van der Waals surface area contributed by atoms with Gasteiger partial charge < -0.3 is 5.32 Å². The average Bonchev–Trinajstić information content (AvgIpc) is 3.49. The van der Waals surface area contributed by atoms with Crippen molar-refractivity contribution in [3.63, 3.8) is 0 Å². The summed E-state index contributed by atoms with van der Waals surface area (Å²) in [4.78, 5) is 17.2. The van der Waals surface area contributed by atoms with Gasteiger partial charge in [0, 0.05) is 30.8 Å². The smallest absolute Gasteiger partial charge is 0.290 e. The van der Waals surface area contributed by atoms with Crippen molar-refractivity contribution in [1.29, 1.82) is 0 Å². The summed E-state index contributed by atoms with van der Waals surface area (Å²) in [5.41, 5.74) is 2.25. The normalized spacial score (nSPS) is 34.0. The van der Waals surface area contributed by atoms with E-state index in [2.05, 4.69) is 35.2 Å². The summed E-state index contributed by atoms with van der Waals surface area (Å²) in [6.45, 7) is 12.3. The zero-order valence-corrected chi connectivity index (χ0v) is 16.0. The van der Waals surface area contributed by atoms with E-state index in [-0.39, 0.29) is 22.3 Å². The summed E-state index contributed by atoms with van der Waals surface area (Å²) >= 11 is 0. The number of carbonyl (C=O) groups excluding carboxylic acids is 1. The van der Waals surface area contributed by atoms with E-state index in [1.165, 1.54) is 12.8 Å². The Morgan fingerprint density at radius 3 is 2.73 bits per heavy atom. The van der Waals surface area contributed by atoms with Gasteiger partial charge >= 0.3 is 0 Å². The number of nitrogens with one attached hydrogen (secondary N) is 1. The van der Waals surface area contributed by atoms with Gasteiger partial charge in [0.2, 0.25) is 0 Å². The lowest BCUT2D eigenvalue weighted by molar-refractivity contribution is 0.0950. The Morgan fingerprint density at radius 2 is 2.15 bits per heavy atom. The van der Waals surface area contributed by atoms with Gasteiger partial charge in [-0.05, 0) is 32.3 Å². The summed E-state index contributed by atoms with van der Waals surface area (Å²) in [6.07, 6.45) is 12.3. The zero-order valence-electron chi connectivity index (χ0n) is 16.0. The van der Waals surface area contributed by atoms with Gasteiger partial charge in [-0.1, -0.05) is 30.8 Å². The lowest BCUT2D eigenvalue weighted by atomic mass is 9.72. The molecule has 0 spiro atoms. The van der Waals surface area contributed by atoms with Crippen LogP contribution in [0.5, 0.6) is 0 Å². The molecule has 136 valence electrons. The van der Waals surface area contributed by atoms with E-state index in [1.807, 2.05) is 26.1 Å². The molecule has 3 aliphatic rings. The van der Waals surface area contributed by atoms with Crippen molar-refractivity contribution in [1.82, 2.24) is 15.1 Å². The van der Waals surface area contributed by atoms with Crippen molar-refractivity contribution in [3.05, 3.63) is 46.2 Å². The molecule has 5 nitrogen and oxygen atoms in total. The zero-order chi connectivity index (χ0) is 18.7. The van der Waals surface area contributed by atoms with Crippen molar-refractivity contribution in [2.45, 2.75) is 52.0 Å². The van der Waals surface area contributed by atoms with Gasteiger partial charge in [-0.3, -0.25) is 9.48 Å². The number of nitrogens with zero attached hydrogens (tertiary/aromatic N) is 3. The minimum atomic E-state index is -0.158. The lowest BCUT2D eigenvalue weighted by Gasteiger charge is -2.34. The fourth-order valence-electron chi connectivity index (χ4n) is 4.89. The van der Waals surface area contributed by atoms with E-state index in [0.717, 1.165) is 24.2 Å². The summed E-state index contributed by atoms with van der Waals surface area (Å²) in [7, 11) is 1.83. The fraction of sp³-hybridized carbons (Fsp3) is 0.571.